The fourth-order valence-corrected chi connectivity index (χ4v) is 5.02. The molecular weight excluding hydrogens is 352 g/mol. The van der Waals surface area contributed by atoms with Crippen molar-refractivity contribution in [3.8, 4) is 0 Å². The summed E-state index contributed by atoms with van der Waals surface area (Å²) in [6.45, 7) is 6.27. The van der Waals surface area contributed by atoms with Crippen LogP contribution in [0, 0.1) is 0 Å². The van der Waals surface area contributed by atoms with Gasteiger partial charge in [0, 0.05) is 5.56 Å². The van der Waals surface area contributed by atoms with E-state index in [0.29, 0.717) is 17.9 Å². The van der Waals surface area contributed by atoms with Crippen LogP contribution in [0.3, 0.4) is 0 Å². The second-order valence-corrected chi connectivity index (χ2v) is 8.37. The molecule has 0 radical (unpaired) electrons. The normalized spacial score (nSPS) is 10.4. The molecule has 0 spiro atoms. The van der Waals surface area contributed by atoms with Crippen molar-refractivity contribution in [2.75, 3.05) is 6.61 Å². The zero-order chi connectivity index (χ0) is 19.1. The van der Waals surface area contributed by atoms with E-state index in [1.807, 2.05) is 48.5 Å². The summed E-state index contributed by atoms with van der Waals surface area (Å²) in [5.41, 5.74) is 1.38. The first-order valence-corrected chi connectivity index (χ1v) is 10.5. The Kier molecular flexibility index (Phi) is 6.23. The Bertz CT molecular complexity index is 850. The molecule has 27 heavy (non-hydrogen) atoms. The third-order valence-electron chi connectivity index (χ3n) is 4.18. The van der Waals surface area contributed by atoms with Crippen molar-refractivity contribution < 1.29 is 14.0 Å². The van der Waals surface area contributed by atoms with E-state index >= 15 is 0 Å². The first kappa shape index (κ1) is 18.7. The molecule has 0 saturated heterocycles. The second-order valence-electron chi connectivity index (χ2n) is 6.04. The molecule has 0 heterocycles. The van der Waals surface area contributed by atoms with Gasteiger partial charge in [-0.05, 0) is 29.4 Å². The van der Waals surface area contributed by atoms with E-state index in [1.165, 1.54) is 10.4 Å². The highest BCUT2D eigenvalue weighted by molar-refractivity contribution is 6.80. The molecule has 3 nitrogen and oxygen atoms in total. The Balaban J connectivity index is 1.82. The van der Waals surface area contributed by atoms with Crippen LogP contribution in [-0.2, 0) is 9.16 Å². The predicted octanol–water partition coefficient (Wildman–Crippen LogP) is 3.39. The van der Waals surface area contributed by atoms with Crippen LogP contribution in [0.15, 0.2) is 91.5 Å². The fourth-order valence-electron chi connectivity index (χ4n) is 2.80. The number of carbonyl (C=O) groups is 1. The molecule has 3 rings (SSSR count). The van der Waals surface area contributed by atoms with Crippen molar-refractivity contribution in [3.63, 3.8) is 0 Å². The van der Waals surface area contributed by atoms with Crippen LogP contribution in [0.1, 0.15) is 22.8 Å². The van der Waals surface area contributed by atoms with E-state index in [2.05, 4.69) is 30.8 Å². The molecule has 3 aromatic rings. The zero-order valence-corrected chi connectivity index (χ0v) is 16.5. The van der Waals surface area contributed by atoms with Gasteiger partial charge in [-0.25, -0.2) is 4.79 Å². The molecule has 136 valence electrons. The summed E-state index contributed by atoms with van der Waals surface area (Å²) in [7, 11) is -1.91. The van der Waals surface area contributed by atoms with Gasteiger partial charge in [-0.3, -0.25) is 0 Å². The summed E-state index contributed by atoms with van der Waals surface area (Å²) in [6.07, 6.45) is 0. The average molecular weight is 375 g/mol. The van der Waals surface area contributed by atoms with Gasteiger partial charge < -0.3 is 9.16 Å². The van der Waals surface area contributed by atoms with Crippen LogP contribution in [-0.4, -0.2) is 21.6 Å². The Labute approximate surface area is 161 Å². The summed E-state index contributed by atoms with van der Waals surface area (Å²) < 4.78 is 11.4. The highest BCUT2D eigenvalue weighted by Crippen LogP contribution is 2.16. The Morgan fingerprint density at radius 3 is 1.78 bits per heavy atom. The van der Waals surface area contributed by atoms with Gasteiger partial charge >= 0.3 is 5.97 Å². The minimum atomic E-state index is -1.91. The van der Waals surface area contributed by atoms with E-state index in [0.717, 1.165) is 5.56 Å². The van der Waals surface area contributed by atoms with Crippen LogP contribution in [0.25, 0.3) is 5.76 Å². The van der Waals surface area contributed by atoms with Crippen molar-refractivity contribution >= 4 is 31.1 Å². The topological polar surface area (TPSA) is 35.5 Å². The molecule has 0 fully saturated rings. The number of esters is 1. The first-order chi connectivity index (χ1) is 13.2. The number of carbonyl (C=O) groups excluding carboxylic acids is 1. The van der Waals surface area contributed by atoms with Gasteiger partial charge in [0.1, 0.15) is 5.76 Å². The van der Waals surface area contributed by atoms with E-state index < -0.39 is 9.04 Å². The minimum absolute atomic E-state index is 0.323. The number of ether oxygens (including phenoxy) is 1. The van der Waals surface area contributed by atoms with Crippen LogP contribution in [0.5, 0.6) is 0 Å². The highest BCUT2D eigenvalue weighted by Gasteiger charge is 2.20. The van der Waals surface area contributed by atoms with Gasteiger partial charge in [0.25, 0.3) is 9.04 Å². The molecule has 4 heteroatoms. The quantitative estimate of drug-likeness (QED) is 0.361. The number of hydrogen-bond acceptors (Lipinski definition) is 3. The molecule has 0 N–H and O–H groups in total. The zero-order valence-electron chi connectivity index (χ0n) is 15.3. The highest BCUT2D eigenvalue weighted by atomic mass is 28.3. The standard InChI is InChI=1S/C23H22O3Si/c1-3-25-23(24)20-16-14-19(15-17-20)18(2)26-27(21-10-6-4-7-11-21)22-12-8-5-9-13-22/h4-17,27H,2-3H2,1H3. The van der Waals surface area contributed by atoms with Gasteiger partial charge in [0.2, 0.25) is 0 Å². The van der Waals surface area contributed by atoms with Crippen molar-refractivity contribution in [1.82, 2.24) is 0 Å². The van der Waals surface area contributed by atoms with Crippen molar-refractivity contribution in [2.24, 2.45) is 0 Å². The third-order valence-corrected chi connectivity index (χ3v) is 6.68. The molecule has 0 aromatic heterocycles. The molecule has 0 atom stereocenters. The second kappa shape index (κ2) is 9.01. The number of benzene rings is 3. The smallest absolute Gasteiger partial charge is 0.338 e. The SMILES string of the molecule is C=C(O[SiH](c1ccccc1)c1ccccc1)c1ccc(C(=O)OCC)cc1. The molecule has 0 bridgehead atoms. The molecule has 0 aliphatic rings. The largest absolute Gasteiger partial charge is 0.537 e. The maximum absolute atomic E-state index is 11.8. The Morgan fingerprint density at radius 1 is 0.815 bits per heavy atom. The number of hydrogen-bond donors (Lipinski definition) is 0. The summed E-state index contributed by atoms with van der Waals surface area (Å²) in [4.78, 5) is 11.8. The van der Waals surface area contributed by atoms with E-state index in [9.17, 15) is 4.79 Å². The molecule has 3 aromatic carbocycles. The molecule has 0 unspecified atom stereocenters. The summed E-state index contributed by atoms with van der Waals surface area (Å²) in [6, 6.07) is 27.7. The first-order valence-electron chi connectivity index (χ1n) is 8.92. The number of rotatable bonds is 7. The van der Waals surface area contributed by atoms with Gasteiger partial charge in [-0.15, -0.1) is 0 Å². The predicted molar refractivity (Wildman–Crippen MR) is 112 cm³/mol. The van der Waals surface area contributed by atoms with E-state index in [1.54, 1.807) is 19.1 Å². The Morgan fingerprint density at radius 2 is 1.30 bits per heavy atom. The third kappa shape index (κ3) is 4.74. The summed E-state index contributed by atoms with van der Waals surface area (Å²) in [5, 5.41) is 2.38. The van der Waals surface area contributed by atoms with Gasteiger partial charge in [0.05, 0.1) is 12.2 Å². The van der Waals surface area contributed by atoms with Crippen molar-refractivity contribution in [3.05, 3.63) is 103 Å². The maximum atomic E-state index is 11.8. The van der Waals surface area contributed by atoms with Gasteiger partial charge in [-0.1, -0.05) is 79.4 Å². The van der Waals surface area contributed by atoms with Crippen LogP contribution in [0.2, 0.25) is 0 Å². The average Bonchev–Trinajstić information content (AvgIpc) is 2.73. The fraction of sp³-hybridized carbons (Fsp3) is 0.0870. The van der Waals surface area contributed by atoms with E-state index in [-0.39, 0.29) is 5.97 Å². The lowest BCUT2D eigenvalue weighted by Gasteiger charge is -2.20. The van der Waals surface area contributed by atoms with Gasteiger partial charge in [0.15, 0.2) is 0 Å². The van der Waals surface area contributed by atoms with Crippen LogP contribution < -0.4 is 10.4 Å². The van der Waals surface area contributed by atoms with Crippen molar-refractivity contribution in [1.29, 1.82) is 0 Å². The molecular formula is C23H22O3Si. The monoisotopic (exact) mass is 374 g/mol. The molecule has 0 saturated carbocycles. The lowest BCUT2D eigenvalue weighted by Crippen LogP contribution is -2.44. The van der Waals surface area contributed by atoms with Crippen LogP contribution >= 0.6 is 0 Å². The van der Waals surface area contributed by atoms with Gasteiger partial charge in [-0.2, -0.15) is 0 Å². The Hall–Kier alpha value is -3.11. The molecule has 0 amide bonds. The summed E-state index contributed by atoms with van der Waals surface area (Å²) >= 11 is 0. The summed E-state index contributed by atoms with van der Waals surface area (Å²) in [5.74, 6) is 0.284. The van der Waals surface area contributed by atoms with E-state index in [4.69, 9.17) is 9.16 Å². The maximum Gasteiger partial charge on any atom is 0.338 e. The lowest BCUT2D eigenvalue weighted by molar-refractivity contribution is 0.0526. The lowest BCUT2D eigenvalue weighted by atomic mass is 10.1. The van der Waals surface area contributed by atoms with Crippen LogP contribution in [0.4, 0.5) is 0 Å². The minimum Gasteiger partial charge on any atom is -0.537 e. The molecule has 0 aliphatic heterocycles. The van der Waals surface area contributed by atoms with Crippen molar-refractivity contribution in [2.45, 2.75) is 6.92 Å². The molecule has 0 aliphatic carbocycles.